The van der Waals surface area contributed by atoms with Gasteiger partial charge in [0, 0.05) is 12.3 Å². The number of hydrazone groups is 1. The highest BCUT2D eigenvalue weighted by molar-refractivity contribution is 5.57. The van der Waals surface area contributed by atoms with E-state index >= 15 is 0 Å². The fourth-order valence-electron chi connectivity index (χ4n) is 0.266. The molecule has 1 radical (unpaired) electrons. The van der Waals surface area contributed by atoms with E-state index in [1.807, 2.05) is 13.8 Å². The first-order chi connectivity index (χ1) is 3.77. The van der Waals surface area contributed by atoms with E-state index in [-0.39, 0.29) is 0 Å². The van der Waals surface area contributed by atoms with Gasteiger partial charge in [0.2, 0.25) is 0 Å². The number of hydrogen-bond acceptors (Lipinski definition) is 2. The van der Waals surface area contributed by atoms with Gasteiger partial charge in [-0.15, -0.1) is 0 Å². The van der Waals surface area contributed by atoms with Crippen molar-refractivity contribution in [1.29, 1.82) is 0 Å². The predicted molar refractivity (Wildman–Crippen MR) is 36.7 cm³/mol. The molecule has 0 spiro atoms. The van der Waals surface area contributed by atoms with Gasteiger partial charge in [0.1, 0.15) is 0 Å². The smallest absolute Gasteiger partial charge is 0.0383 e. The van der Waals surface area contributed by atoms with Crippen LogP contribution in [0.5, 0.6) is 0 Å². The summed E-state index contributed by atoms with van der Waals surface area (Å²) in [6.07, 6.45) is 2.50. The molecule has 0 fully saturated rings. The summed E-state index contributed by atoms with van der Waals surface area (Å²) < 4.78 is 0. The van der Waals surface area contributed by atoms with Crippen molar-refractivity contribution >= 4 is 6.21 Å². The first-order valence-corrected chi connectivity index (χ1v) is 2.83. The molecule has 0 rings (SSSR count). The molecule has 0 aliphatic carbocycles. The number of rotatable bonds is 3. The fraction of sp³-hybridized carbons (Fsp3) is 0.667. The zero-order valence-corrected chi connectivity index (χ0v) is 5.52. The van der Waals surface area contributed by atoms with Crippen LogP contribution in [0, 0.1) is 6.92 Å². The Labute approximate surface area is 51.0 Å². The van der Waals surface area contributed by atoms with Crippen LogP contribution in [0.2, 0.25) is 0 Å². The number of nitrogens with zero attached hydrogens (tertiary/aromatic N) is 1. The summed E-state index contributed by atoms with van der Waals surface area (Å²) in [5.41, 5.74) is 2.88. The summed E-state index contributed by atoms with van der Waals surface area (Å²) in [7, 11) is 0. The van der Waals surface area contributed by atoms with Crippen LogP contribution in [-0.4, -0.2) is 12.3 Å². The van der Waals surface area contributed by atoms with Gasteiger partial charge in [0.25, 0.3) is 0 Å². The van der Waals surface area contributed by atoms with E-state index in [0.29, 0.717) is 6.04 Å². The average Bonchev–Trinajstić information content (AvgIpc) is 1.66. The van der Waals surface area contributed by atoms with Crippen molar-refractivity contribution in [2.75, 3.05) is 0 Å². The first kappa shape index (κ1) is 7.47. The summed E-state index contributed by atoms with van der Waals surface area (Å²) in [5.74, 6) is 0. The normalized spacial score (nSPS) is 11.0. The van der Waals surface area contributed by atoms with Crippen LogP contribution in [0.15, 0.2) is 5.10 Å². The van der Waals surface area contributed by atoms with Crippen molar-refractivity contribution in [2.45, 2.75) is 26.3 Å². The van der Waals surface area contributed by atoms with Crippen LogP contribution in [0.1, 0.15) is 20.3 Å². The van der Waals surface area contributed by atoms with E-state index in [0.717, 1.165) is 6.42 Å². The molecule has 0 amide bonds. The molecule has 0 aromatic carbocycles. The van der Waals surface area contributed by atoms with E-state index in [2.05, 4.69) is 17.5 Å². The summed E-state index contributed by atoms with van der Waals surface area (Å²) in [5, 5.41) is 3.85. The van der Waals surface area contributed by atoms with E-state index in [1.165, 1.54) is 0 Å². The third-order valence-corrected chi connectivity index (χ3v) is 0.553. The van der Waals surface area contributed by atoms with Gasteiger partial charge in [-0.25, -0.2) is 0 Å². The lowest BCUT2D eigenvalue weighted by Gasteiger charge is -2.00. The Morgan fingerprint density at radius 2 is 2.38 bits per heavy atom. The van der Waals surface area contributed by atoms with Crippen molar-refractivity contribution in [2.24, 2.45) is 5.10 Å². The molecule has 0 aliphatic heterocycles. The minimum atomic E-state index is 0.429. The van der Waals surface area contributed by atoms with Gasteiger partial charge in [-0.3, -0.25) is 0 Å². The molecule has 0 heterocycles. The molecule has 1 N–H and O–H groups in total. The maximum atomic E-state index is 3.85. The average molecular weight is 113 g/mol. The second-order valence-corrected chi connectivity index (χ2v) is 1.88. The highest BCUT2D eigenvalue weighted by Gasteiger charge is 1.81. The topological polar surface area (TPSA) is 24.4 Å². The van der Waals surface area contributed by atoms with Crippen molar-refractivity contribution in [3.8, 4) is 0 Å². The Bertz CT molecular complexity index is 66.9. The van der Waals surface area contributed by atoms with E-state index < -0.39 is 0 Å². The molecule has 0 aromatic heterocycles. The highest BCUT2D eigenvalue weighted by Crippen LogP contribution is 1.74. The molecule has 0 unspecified atom stereocenters. The zero-order chi connectivity index (χ0) is 6.41. The van der Waals surface area contributed by atoms with Gasteiger partial charge in [-0.2, -0.15) is 5.10 Å². The van der Waals surface area contributed by atoms with Crippen LogP contribution in [0.25, 0.3) is 0 Å². The van der Waals surface area contributed by atoms with Gasteiger partial charge in [0.15, 0.2) is 0 Å². The molecule has 2 nitrogen and oxygen atoms in total. The Hall–Kier alpha value is -0.530. The minimum Gasteiger partial charge on any atom is -0.308 e. The quantitative estimate of drug-likeness (QED) is 0.431. The fourth-order valence-corrected chi connectivity index (χ4v) is 0.266. The van der Waals surface area contributed by atoms with E-state index in [1.54, 1.807) is 6.21 Å². The largest absolute Gasteiger partial charge is 0.308 e. The Morgan fingerprint density at radius 3 is 2.75 bits per heavy atom. The lowest BCUT2D eigenvalue weighted by molar-refractivity contribution is 0.622. The van der Waals surface area contributed by atoms with Crippen molar-refractivity contribution < 1.29 is 0 Å². The molecule has 8 heavy (non-hydrogen) atoms. The third-order valence-electron chi connectivity index (χ3n) is 0.553. The minimum absolute atomic E-state index is 0.429. The highest BCUT2D eigenvalue weighted by atomic mass is 15.3. The summed E-state index contributed by atoms with van der Waals surface area (Å²) >= 11 is 0. The summed E-state index contributed by atoms with van der Waals surface area (Å²) in [6, 6.07) is 0.429. The van der Waals surface area contributed by atoms with E-state index in [9.17, 15) is 0 Å². The Balaban J connectivity index is 3.03. The number of hydrogen-bond donors (Lipinski definition) is 1. The van der Waals surface area contributed by atoms with Gasteiger partial charge in [-0.05, 0) is 27.2 Å². The molecule has 0 bridgehead atoms. The SMILES string of the molecule is [CH2]CC=NNC(C)C. The van der Waals surface area contributed by atoms with Gasteiger partial charge in [-0.1, -0.05) is 0 Å². The molecule has 0 saturated heterocycles. The molecule has 0 aliphatic rings. The van der Waals surface area contributed by atoms with Crippen LogP contribution >= 0.6 is 0 Å². The van der Waals surface area contributed by atoms with Crippen LogP contribution in [-0.2, 0) is 0 Å². The van der Waals surface area contributed by atoms with Gasteiger partial charge >= 0.3 is 0 Å². The molecular weight excluding hydrogens is 100 g/mol. The predicted octanol–water partition coefficient (Wildman–Crippen LogP) is 1.19. The second-order valence-electron chi connectivity index (χ2n) is 1.88. The standard InChI is InChI=1S/C6H13N2/c1-4-5-7-8-6(2)3/h5-6,8H,1,4H2,2-3H3. The maximum absolute atomic E-state index is 3.85. The van der Waals surface area contributed by atoms with Crippen LogP contribution < -0.4 is 5.43 Å². The molecule has 0 saturated carbocycles. The molecular formula is C6H13N2. The Kier molecular flexibility index (Phi) is 4.32. The second kappa shape index (κ2) is 4.62. The molecule has 2 heteroatoms. The van der Waals surface area contributed by atoms with Crippen molar-refractivity contribution in [3.05, 3.63) is 6.92 Å². The number of nitrogens with one attached hydrogen (secondary N) is 1. The molecule has 47 valence electrons. The lowest BCUT2D eigenvalue weighted by atomic mass is 10.4. The van der Waals surface area contributed by atoms with E-state index in [4.69, 9.17) is 0 Å². The third kappa shape index (κ3) is 5.47. The van der Waals surface area contributed by atoms with Crippen LogP contribution in [0.4, 0.5) is 0 Å². The van der Waals surface area contributed by atoms with Crippen molar-refractivity contribution in [1.82, 2.24) is 5.43 Å². The summed E-state index contributed by atoms with van der Waals surface area (Å²) in [4.78, 5) is 0. The van der Waals surface area contributed by atoms with Gasteiger partial charge in [0.05, 0.1) is 0 Å². The van der Waals surface area contributed by atoms with Gasteiger partial charge < -0.3 is 5.43 Å². The lowest BCUT2D eigenvalue weighted by Crippen LogP contribution is -2.15. The maximum Gasteiger partial charge on any atom is 0.0383 e. The zero-order valence-electron chi connectivity index (χ0n) is 5.52. The monoisotopic (exact) mass is 113 g/mol. The molecule has 0 aromatic rings. The summed E-state index contributed by atoms with van der Waals surface area (Å²) in [6.45, 7) is 7.68. The van der Waals surface area contributed by atoms with Crippen molar-refractivity contribution in [3.63, 3.8) is 0 Å². The first-order valence-electron chi connectivity index (χ1n) is 2.83. The van der Waals surface area contributed by atoms with Crippen LogP contribution in [0.3, 0.4) is 0 Å². The Morgan fingerprint density at radius 1 is 1.75 bits per heavy atom. The molecule has 0 atom stereocenters.